The lowest BCUT2D eigenvalue weighted by Crippen LogP contribution is -2.10. The van der Waals surface area contributed by atoms with Gasteiger partial charge in [-0.2, -0.15) is 5.26 Å². The predicted octanol–water partition coefficient (Wildman–Crippen LogP) is 2.95. The summed E-state index contributed by atoms with van der Waals surface area (Å²) in [7, 11) is 0. The number of hydrogen-bond donors (Lipinski definition) is 1. The summed E-state index contributed by atoms with van der Waals surface area (Å²) < 4.78 is 18.8. The highest BCUT2D eigenvalue weighted by atomic mass is 19.1. The van der Waals surface area contributed by atoms with Gasteiger partial charge in [0.1, 0.15) is 12.4 Å². The molecule has 0 aliphatic heterocycles. The van der Waals surface area contributed by atoms with Gasteiger partial charge >= 0.3 is 5.97 Å². The number of halogens is 1. The molecule has 0 atom stereocenters. The van der Waals surface area contributed by atoms with Crippen molar-refractivity contribution in [3.8, 4) is 6.07 Å². The molecule has 0 radical (unpaired) electrons. The van der Waals surface area contributed by atoms with E-state index < -0.39 is 11.8 Å². The summed E-state index contributed by atoms with van der Waals surface area (Å²) in [4.78, 5) is 12.0. The summed E-state index contributed by atoms with van der Waals surface area (Å²) in [5.74, 6) is -1.19. The molecule has 0 saturated heterocycles. The van der Waals surface area contributed by atoms with Crippen molar-refractivity contribution in [1.29, 1.82) is 5.26 Å². The first-order valence-corrected chi connectivity index (χ1v) is 6.23. The molecule has 21 heavy (non-hydrogen) atoms. The highest BCUT2D eigenvalue weighted by Gasteiger charge is 2.15. The molecule has 0 aliphatic carbocycles. The maximum absolute atomic E-state index is 13.7. The number of nitriles is 1. The molecule has 0 heterocycles. The molecular weight excluding hydrogens is 271 g/mol. The lowest BCUT2D eigenvalue weighted by atomic mass is 10.1. The molecule has 0 spiro atoms. The van der Waals surface area contributed by atoms with E-state index in [4.69, 9.17) is 15.7 Å². The van der Waals surface area contributed by atoms with E-state index in [0.717, 1.165) is 6.07 Å². The second kappa shape index (κ2) is 6.06. The van der Waals surface area contributed by atoms with Gasteiger partial charge in [0.25, 0.3) is 0 Å². The summed E-state index contributed by atoms with van der Waals surface area (Å²) >= 11 is 0. The Labute approximate surface area is 121 Å². The second-order valence-corrected chi connectivity index (χ2v) is 4.53. The molecule has 0 unspecified atom stereocenters. The largest absolute Gasteiger partial charge is 0.457 e. The molecule has 2 N–H and O–H groups in total. The Hall–Kier alpha value is -2.87. The molecule has 0 fully saturated rings. The van der Waals surface area contributed by atoms with Crippen LogP contribution in [0.25, 0.3) is 0 Å². The smallest absolute Gasteiger partial charge is 0.340 e. The molecule has 4 nitrogen and oxygen atoms in total. The van der Waals surface area contributed by atoms with Crippen LogP contribution in [-0.4, -0.2) is 5.97 Å². The Bertz CT molecular complexity index is 715. The quantitative estimate of drug-likeness (QED) is 0.694. The standard InChI is InChI=1S/C16H13FN2O2/c1-10-3-2-4-14(19)15(10)16(20)21-9-12-6-5-11(8-18)7-13(12)17/h2-7H,9,19H2,1H3. The van der Waals surface area contributed by atoms with Gasteiger partial charge in [-0.1, -0.05) is 18.2 Å². The molecule has 106 valence electrons. The van der Waals surface area contributed by atoms with Crippen molar-refractivity contribution in [2.24, 2.45) is 0 Å². The monoisotopic (exact) mass is 284 g/mol. The highest BCUT2D eigenvalue weighted by Crippen LogP contribution is 2.19. The molecule has 2 aromatic rings. The Kier molecular flexibility index (Phi) is 4.19. The summed E-state index contributed by atoms with van der Waals surface area (Å²) in [6.45, 7) is 1.53. The van der Waals surface area contributed by atoms with Gasteiger partial charge in [0.15, 0.2) is 0 Å². The van der Waals surface area contributed by atoms with E-state index >= 15 is 0 Å². The van der Waals surface area contributed by atoms with Crippen molar-refractivity contribution in [3.63, 3.8) is 0 Å². The van der Waals surface area contributed by atoms with Gasteiger partial charge in [-0.3, -0.25) is 0 Å². The van der Waals surface area contributed by atoms with Gasteiger partial charge in [0.2, 0.25) is 0 Å². The number of carbonyl (C=O) groups is 1. The minimum Gasteiger partial charge on any atom is -0.457 e. The van der Waals surface area contributed by atoms with Gasteiger partial charge in [0.05, 0.1) is 17.2 Å². The number of esters is 1. The zero-order valence-corrected chi connectivity index (χ0v) is 11.4. The lowest BCUT2D eigenvalue weighted by Gasteiger charge is -2.10. The molecule has 2 aromatic carbocycles. The van der Waals surface area contributed by atoms with E-state index in [-0.39, 0.29) is 23.3 Å². The van der Waals surface area contributed by atoms with Crippen LogP contribution in [0.15, 0.2) is 36.4 Å². The maximum atomic E-state index is 13.7. The average molecular weight is 284 g/mol. The molecule has 0 aromatic heterocycles. The van der Waals surface area contributed by atoms with Gasteiger partial charge in [0, 0.05) is 11.3 Å². The summed E-state index contributed by atoms with van der Waals surface area (Å²) in [6, 6.07) is 10.9. The Balaban J connectivity index is 2.13. The summed E-state index contributed by atoms with van der Waals surface area (Å²) in [5, 5.41) is 8.66. The van der Waals surface area contributed by atoms with E-state index in [1.807, 2.05) is 6.07 Å². The third-order valence-electron chi connectivity index (χ3n) is 3.05. The SMILES string of the molecule is Cc1cccc(N)c1C(=O)OCc1ccc(C#N)cc1F. The van der Waals surface area contributed by atoms with Gasteiger partial charge in [-0.15, -0.1) is 0 Å². The zero-order valence-electron chi connectivity index (χ0n) is 11.4. The summed E-state index contributed by atoms with van der Waals surface area (Å²) in [5.41, 5.74) is 7.46. The normalized spacial score (nSPS) is 9.95. The predicted molar refractivity (Wildman–Crippen MR) is 75.8 cm³/mol. The van der Waals surface area contributed by atoms with E-state index in [9.17, 15) is 9.18 Å². The second-order valence-electron chi connectivity index (χ2n) is 4.53. The number of hydrogen-bond acceptors (Lipinski definition) is 4. The van der Waals surface area contributed by atoms with E-state index in [1.54, 1.807) is 25.1 Å². The van der Waals surface area contributed by atoms with Crippen molar-refractivity contribution in [3.05, 3.63) is 64.5 Å². The van der Waals surface area contributed by atoms with Crippen molar-refractivity contribution < 1.29 is 13.9 Å². The molecule has 5 heteroatoms. The molecule has 0 amide bonds. The number of nitrogens with two attached hydrogens (primary N) is 1. The first-order chi connectivity index (χ1) is 10.0. The topological polar surface area (TPSA) is 76.1 Å². The lowest BCUT2D eigenvalue weighted by molar-refractivity contribution is 0.0469. The number of benzene rings is 2. The van der Waals surface area contributed by atoms with Crippen LogP contribution < -0.4 is 5.73 Å². The average Bonchev–Trinajstić information content (AvgIpc) is 2.45. The third-order valence-corrected chi connectivity index (χ3v) is 3.05. The molecular formula is C16H13FN2O2. The van der Waals surface area contributed by atoms with Crippen molar-refractivity contribution in [2.45, 2.75) is 13.5 Å². The number of nitrogen functional groups attached to an aromatic ring is 1. The van der Waals surface area contributed by atoms with E-state index in [0.29, 0.717) is 11.3 Å². The fraction of sp³-hybridized carbons (Fsp3) is 0.125. The van der Waals surface area contributed by atoms with Crippen LogP contribution in [-0.2, 0) is 11.3 Å². The van der Waals surface area contributed by atoms with Crippen LogP contribution in [0, 0.1) is 24.1 Å². The number of carbonyl (C=O) groups excluding carboxylic acids is 1. The van der Waals surface area contributed by atoms with E-state index in [1.165, 1.54) is 12.1 Å². The van der Waals surface area contributed by atoms with Gasteiger partial charge in [-0.25, -0.2) is 9.18 Å². The fourth-order valence-corrected chi connectivity index (χ4v) is 1.92. The number of rotatable bonds is 3. The number of ether oxygens (including phenoxy) is 1. The Morgan fingerprint density at radius 3 is 2.76 bits per heavy atom. The maximum Gasteiger partial charge on any atom is 0.340 e. The van der Waals surface area contributed by atoms with Crippen LogP contribution in [0.2, 0.25) is 0 Å². The van der Waals surface area contributed by atoms with Crippen LogP contribution in [0.3, 0.4) is 0 Å². The Morgan fingerprint density at radius 2 is 2.14 bits per heavy atom. The number of aryl methyl sites for hydroxylation is 1. The van der Waals surface area contributed by atoms with Crippen LogP contribution in [0.5, 0.6) is 0 Å². The number of nitrogens with zero attached hydrogens (tertiary/aromatic N) is 1. The first kappa shape index (κ1) is 14.5. The third kappa shape index (κ3) is 3.18. The number of anilines is 1. The van der Waals surface area contributed by atoms with Crippen LogP contribution in [0.4, 0.5) is 10.1 Å². The first-order valence-electron chi connectivity index (χ1n) is 6.23. The minimum atomic E-state index is -0.602. The minimum absolute atomic E-state index is 0.203. The van der Waals surface area contributed by atoms with Crippen LogP contribution in [0.1, 0.15) is 27.0 Å². The Morgan fingerprint density at radius 1 is 1.38 bits per heavy atom. The van der Waals surface area contributed by atoms with E-state index in [2.05, 4.69) is 0 Å². The van der Waals surface area contributed by atoms with Crippen molar-refractivity contribution in [1.82, 2.24) is 0 Å². The molecule has 0 saturated carbocycles. The van der Waals surface area contributed by atoms with Crippen molar-refractivity contribution >= 4 is 11.7 Å². The fourth-order valence-electron chi connectivity index (χ4n) is 1.92. The van der Waals surface area contributed by atoms with Gasteiger partial charge in [-0.05, 0) is 30.7 Å². The highest BCUT2D eigenvalue weighted by molar-refractivity contribution is 5.96. The molecule has 2 rings (SSSR count). The molecule has 0 aliphatic rings. The molecule has 0 bridgehead atoms. The zero-order chi connectivity index (χ0) is 15.4. The summed E-state index contributed by atoms with van der Waals surface area (Å²) in [6.07, 6.45) is 0. The van der Waals surface area contributed by atoms with Crippen molar-refractivity contribution in [2.75, 3.05) is 5.73 Å². The van der Waals surface area contributed by atoms with Crippen LogP contribution >= 0.6 is 0 Å². The van der Waals surface area contributed by atoms with Gasteiger partial charge < -0.3 is 10.5 Å².